The number of aryl methyl sites for hydroxylation is 2. The molecule has 0 N–H and O–H groups in total. The Morgan fingerprint density at radius 2 is 1.85 bits per heavy atom. The maximum Gasteiger partial charge on any atom is 0.270 e. The number of nitrogens with zero attached hydrogens (tertiary/aromatic N) is 1. The summed E-state index contributed by atoms with van der Waals surface area (Å²) in [5, 5.41) is 0.652. The zero-order valence-corrected chi connectivity index (χ0v) is 20.8. The van der Waals surface area contributed by atoms with E-state index in [1.807, 2.05) is 80.6 Å². The van der Waals surface area contributed by atoms with Crippen molar-refractivity contribution in [1.29, 1.82) is 0 Å². The number of amides is 1. The lowest BCUT2D eigenvalue weighted by Crippen LogP contribution is -2.28. The van der Waals surface area contributed by atoms with Gasteiger partial charge in [0.25, 0.3) is 5.91 Å². The SMILES string of the molecule is COc1cc(/C=C2\SC(=S)N(c3cc(C)ccc3C)C2=O)ccc1OCc1ccccc1Cl. The predicted molar refractivity (Wildman–Crippen MR) is 140 cm³/mol. The highest BCUT2D eigenvalue weighted by molar-refractivity contribution is 8.27. The smallest absolute Gasteiger partial charge is 0.270 e. The second-order valence-corrected chi connectivity index (χ2v) is 9.68. The second-order valence-electron chi connectivity index (χ2n) is 7.60. The van der Waals surface area contributed by atoms with E-state index in [1.54, 1.807) is 12.0 Å². The quantitative estimate of drug-likeness (QED) is 0.273. The maximum absolute atomic E-state index is 13.2. The van der Waals surface area contributed by atoms with Gasteiger partial charge in [0, 0.05) is 10.6 Å². The van der Waals surface area contributed by atoms with Crippen molar-refractivity contribution in [3.63, 3.8) is 0 Å². The summed E-state index contributed by atoms with van der Waals surface area (Å²) < 4.78 is 12.0. The molecule has 4 rings (SSSR count). The van der Waals surface area contributed by atoms with Crippen LogP contribution in [0.5, 0.6) is 11.5 Å². The van der Waals surface area contributed by atoms with E-state index in [1.165, 1.54) is 11.8 Å². The lowest BCUT2D eigenvalue weighted by molar-refractivity contribution is -0.113. The summed E-state index contributed by atoms with van der Waals surface area (Å²) in [6, 6.07) is 19.1. The molecule has 1 amide bonds. The van der Waals surface area contributed by atoms with Gasteiger partial charge in [0.15, 0.2) is 15.8 Å². The van der Waals surface area contributed by atoms with Crippen LogP contribution in [0.4, 0.5) is 5.69 Å². The van der Waals surface area contributed by atoms with Crippen LogP contribution in [0.3, 0.4) is 0 Å². The summed E-state index contributed by atoms with van der Waals surface area (Å²) in [6.07, 6.45) is 1.82. The van der Waals surface area contributed by atoms with Crippen LogP contribution in [0.25, 0.3) is 6.08 Å². The molecule has 1 saturated heterocycles. The summed E-state index contributed by atoms with van der Waals surface area (Å²) in [7, 11) is 1.58. The van der Waals surface area contributed by atoms with Crippen molar-refractivity contribution in [2.24, 2.45) is 0 Å². The van der Waals surface area contributed by atoms with Gasteiger partial charge >= 0.3 is 0 Å². The first-order valence-electron chi connectivity index (χ1n) is 10.3. The summed E-state index contributed by atoms with van der Waals surface area (Å²) in [5.41, 5.74) is 4.60. The van der Waals surface area contributed by atoms with Gasteiger partial charge in [0.2, 0.25) is 0 Å². The highest BCUT2D eigenvalue weighted by Crippen LogP contribution is 2.38. The van der Waals surface area contributed by atoms with E-state index in [0.29, 0.717) is 32.4 Å². The number of carbonyl (C=O) groups excluding carboxylic acids is 1. The molecule has 1 aliphatic heterocycles. The fourth-order valence-corrected chi connectivity index (χ4v) is 4.93. The van der Waals surface area contributed by atoms with E-state index in [4.69, 9.17) is 33.3 Å². The van der Waals surface area contributed by atoms with Crippen LogP contribution in [0.15, 0.2) is 65.6 Å². The van der Waals surface area contributed by atoms with E-state index in [0.717, 1.165) is 27.9 Å². The van der Waals surface area contributed by atoms with Crippen molar-refractivity contribution < 1.29 is 14.3 Å². The highest BCUT2D eigenvalue weighted by atomic mass is 35.5. The van der Waals surface area contributed by atoms with Crippen LogP contribution < -0.4 is 14.4 Å². The Morgan fingerprint density at radius 3 is 2.61 bits per heavy atom. The maximum atomic E-state index is 13.2. The molecule has 3 aromatic rings. The number of ether oxygens (including phenoxy) is 2. The summed E-state index contributed by atoms with van der Waals surface area (Å²) in [4.78, 5) is 15.3. The topological polar surface area (TPSA) is 38.8 Å². The van der Waals surface area contributed by atoms with Crippen LogP contribution in [0.2, 0.25) is 5.02 Å². The molecule has 1 fully saturated rings. The first-order chi connectivity index (χ1) is 15.9. The number of thioether (sulfide) groups is 1. The third kappa shape index (κ3) is 5.08. The van der Waals surface area contributed by atoms with Crippen molar-refractivity contribution in [2.45, 2.75) is 20.5 Å². The van der Waals surface area contributed by atoms with Gasteiger partial charge in [-0.05, 0) is 60.9 Å². The molecule has 4 nitrogen and oxygen atoms in total. The monoisotopic (exact) mass is 495 g/mol. The first-order valence-corrected chi connectivity index (χ1v) is 11.9. The third-order valence-corrected chi connectivity index (χ3v) is 6.90. The van der Waals surface area contributed by atoms with Crippen LogP contribution in [-0.2, 0) is 11.4 Å². The molecule has 1 aliphatic rings. The number of methoxy groups -OCH3 is 1. The molecule has 0 spiro atoms. The molecule has 168 valence electrons. The van der Waals surface area contributed by atoms with E-state index in [-0.39, 0.29) is 5.91 Å². The molecular weight excluding hydrogens is 474 g/mol. The minimum Gasteiger partial charge on any atom is -0.493 e. The predicted octanol–water partition coefficient (Wildman–Crippen LogP) is 6.95. The normalized spacial score (nSPS) is 14.8. The minimum absolute atomic E-state index is 0.128. The van der Waals surface area contributed by atoms with Gasteiger partial charge in [-0.25, -0.2) is 0 Å². The summed E-state index contributed by atoms with van der Waals surface area (Å²) >= 11 is 13.0. The van der Waals surface area contributed by atoms with Gasteiger partial charge < -0.3 is 9.47 Å². The Morgan fingerprint density at radius 1 is 1.06 bits per heavy atom. The summed E-state index contributed by atoms with van der Waals surface area (Å²) in [6.45, 7) is 4.30. The molecule has 0 atom stereocenters. The lowest BCUT2D eigenvalue weighted by atomic mass is 10.1. The zero-order chi connectivity index (χ0) is 23.5. The van der Waals surface area contributed by atoms with E-state index in [9.17, 15) is 4.79 Å². The molecule has 0 aromatic heterocycles. The average Bonchev–Trinajstić information content (AvgIpc) is 3.08. The number of rotatable bonds is 6. The van der Waals surface area contributed by atoms with Crippen LogP contribution >= 0.6 is 35.6 Å². The number of anilines is 1. The van der Waals surface area contributed by atoms with Gasteiger partial charge in [0.05, 0.1) is 17.7 Å². The number of thiocarbonyl (C=S) groups is 1. The third-order valence-electron chi connectivity index (χ3n) is 5.23. The standard InChI is InChI=1S/C26H22ClNO3S2/c1-16-8-9-17(2)21(12-16)28-25(29)24(33-26(28)32)14-18-10-11-22(23(13-18)30-3)31-15-19-6-4-5-7-20(19)27/h4-14H,15H2,1-3H3/b24-14-. The highest BCUT2D eigenvalue weighted by Gasteiger charge is 2.34. The molecule has 0 bridgehead atoms. The Kier molecular flexibility index (Phi) is 7.08. The fraction of sp³-hybridized carbons (Fsp3) is 0.154. The Hall–Kier alpha value is -2.80. The lowest BCUT2D eigenvalue weighted by Gasteiger charge is -2.17. The van der Waals surface area contributed by atoms with Crippen molar-refractivity contribution in [2.75, 3.05) is 12.0 Å². The summed E-state index contributed by atoms with van der Waals surface area (Å²) in [5.74, 6) is 1.04. The Labute approximate surface area is 208 Å². The van der Waals surface area contributed by atoms with Crippen molar-refractivity contribution in [3.05, 3.63) is 92.8 Å². The van der Waals surface area contributed by atoms with Gasteiger partial charge in [-0.2, -0.15) is 0 Å². The number of hydrogen-bond acceptors (Lipinski definition) is 5. The molecule has 0 radical (unpaired) electrons. The largest absolute Gasteiger partial charge is 0.493 e. The number of hydrogen-bond donors (Lipinski definition) is 0. The van der Waals surface area contributed by atoms with Crippen LogP contribution in [0, 0.1) is 13.8 Å². The van der Waals surface area contributed by atoms with Gasteiger partial charge in [-0.3, -0.25) is 9.69 Å². The second kappa shape index (κ2) is 10.00. The first kappa shape index (κ1) is 23.4. The molecule has 7 heteroatoms. The van der Waals surface area contributed by atoms with Crippen LogP contribution in [0.1, 0.15) is 22.3 Å². The zero-order valence-electron chi connectivity index (χ0n) is 18.4. The molecule has 3 aromatic carbocycles. The molecule has 0 aliphatic carbocycles. The molecule has 33 heavy (non-hydrogen) atoms. The Balaban J connectivity index is 1.56. The van der Waals surface area contributed by atoms with Crippen molar-refractivity contribution in [3.8, 4) is 11.5 Å². The number of carbonyl (C=O) groups is 1. The molecule has 1 heterocycles. The van der Waals surface area contributed by atoms with E-state index >= 15 is 0 Å². The number of benzene rings is 3. The number of halogens is 1. The van der Waals surface area contributed by atoms with E-state index < -0.39 is 0 Å². The molecule has 0 saturated carbocycles. The average molecular weight is 496 g/mol. The van der Waals surface area contributed by atoms with Crippen LogP contribution in [-0.4, -0.2) is 17.3 Å². The van der Waals surface area contributed by atoms with E-state index in [2.05, 4.69) is 0 Å². The fourth-order valence-electron chi connectivity index (χ4n) is 3.45. The van der Waals surface area contributed by atoms with Gasteiger partial charge in [-0.15, -0.1) is 0 Å². The molecule has 0 unspecified atom stereocenters. The minimum atomic E-state index is -0.128. The van der Waals surface area contributed by atoms with Gasteiger partial charge in [0.1, 0.15) is 6.61 Å². The molecular formula is C26H22ClNO3S2. The van der Waals surface area contributed by atoms with Gasteiger partial charge in [-0.1, -0.05) is 72.0 Å². The van der Waals surface area contributed by atoms with Crippen molar-refractivity contribution >= 4 is 57.6 Å². The Bertz CT molecular complexity index is 1270. The van der Waals surface area contributed by atoms with Crippen molar-refractivity contribution in [1.82, 2.24) is 0 Å².